The van der Waals surface area contributed by atoms with Crippen molar-refractivity contribution in [2.75, 3.05) is 13.1 Å². The van der Waals surface area contributed by atoms with Gasteiger partial charge in [0.1, 0.15) is 5.60 Å². The third-order valence-corrected chi connectivity index (χ3v) is 4.27. The van der Waals surface area contributed by atoms with Crippen LogP contribution in [0.2, 0.25) is 0 Å². The second kappa shape index (κ2) is 6.62. The van der Waals surface area contributed by atoms with Crippen LogP contribution in [0.1, 0.15) is 32.1 Å². The number of rotatable bonds is 4. The molecule has 0 aliphatic carbocycles. The molecule has 22 heavy (non-hydrogen) atoms. The van der Waals surface area contributed by atoms with Gasteiger partial charge in [0.15, 0.2) is 0 Å². The van der Waals surface area contributed by atoms with E-state index in [-0.39, 0.29) is 22.1 Å². The molecule has 0 bridgehead atoms. The molecule has 1 atom stereocenters. The third-order valence-electron chi connectivity index (χ3n) is 3.23. The Morgan fingerprint density at radius 3 is 2.86 bits per heavy atom. The number of nitro groups is 1. The van der Waals surface area contributed by atoms with Crippen LogP contribution in [0.4, 0.5) is 9.80 Å². The molecule has 1 amide bonds. The Labute approximate surface area is 133 Å². The van der Waals surface area contributed by atoms with Gasteiger partial charge in [0, 0.05) is 36.6 Å². The van der Waals surface area contributed by atoms with Crippen LogP contribution in [0.5, 0.6) is 0 Å². The third kappa shape index (κ3) is 4.67. The minimum Gasteiger partial charge on any atom is -0.444 e. The Morgan fingerprint density at radius 1 is 1.55 bits per heavy atom. The first-order valence-electron chi connectivity index (χ1n) is 7.19. The van der Waals surface area contributed by atoms with Gasteiger partial charge in [-0.25, -0.2) is 4.79 Å². The van der Waals surface area contributed by atoms with Crippen LogP contribution in [-0.4, -0.2) is 40.6 Å². The van der Waals surface area contributed by atoms with Crippen LogP contribution in [0.3, 0.4) is 0 Å². The van der Waals surface area contributed by atoms with Crippen molar-refractivity contribution >= 4 is 22.4 Å². The van der Waals surface area contributed by atoms with E-state index < -0.39 is 5.60 Å². The topological polar surface area (TPSA) is 84.7 Å². The van der Waals surface area contributed by atoms with Crippen LogP contribution >= 0.6 is 11.3 Å². The van der Waals surface area contributed by atoms with Crippen LogP contribution in [0.15, 0.2) is 12.1 Å². The van der Waals surface area contributed by atoms with Crippen molar-refractivity contribution in [2.45, 2.75) is 45.4 Å². The first-order chi connectivity index (χ1) is 10.2. The molecule has 1 unspecified atom stereocenters. The molecular weight excluding hydrogens is 306 g/mol. The number of ether oxygens (including phenoxy) is 1. The highest BCUT2D eigenvalue weighted by Crippen LogP contribution is 2.24. The number of nitrogens with zero attached hydrogens (tertiary/aromatic N) is 2. The highest BCUT2D eigenvalue weighted by Gasteiger charge is 2.29. The fourth-order valence-electron chi connectivity index (χ4n) is 2.22. The molecule has 1 saturated heterocycles. The fraction of sp³-hybridized carbons (Fsp3) is 0.643. The Kier molecular flexibility index (Phi) is 5.02. The Hall–Kier alpha value is -1.67. The fourth-order valence-corrected chi connectivity index (χ4v) is 2.99. The molecule has 2 heterocycles. The van der Waals surface area contributed by atoms with Gasteiger partial charge in [0.25, 0.3) is 0 Å². The summed E-state index contributed by atoms with van der Waals surface area (Å²) in [6, 6.07) is 3.47. The van der Waals surface area contributed by atoms with Gasteiger partial charge in [0.2, 0.25) is 0 Å². The van der Waals surface area contributed by atoms with E-state index in [2.05, 4.69) is 5.32 Å². The number of carbonyl (C=O) groups is 1. The molecule has 0 spiro atoms. The maximum atomic E-state index is 12.0. The van der Waals surface area contributed by atoms with Crippen molar-refractivity contribution in [3.8, 4) is 0 Å². The second-order valence-electron chi connectivity index (χ2n) is 6.29. The molecule has 122 valence electrons. The molecule has 1 aromatic rings. The summed E-state index contributed by atoms with van der Waals surface area (Å²) in [4.78, 5) is 24.8. The van der Waals surface area contributed by atoms with Gasteiger partial charge >= 0.3 is 11.1 Å². The summed E-state index contributed by atoms with van der Waals surface area (Å²) >= 11 is 1.17. The van der Waals surface area contributed by atoms with E-state index in [1.165, 1.54) is 17.4 Å². The predicted molar refractivity (Wildman–Crippen MR) is 84.0 cm³/mol. The number of hydrogen-bond acceptors (Lipinski definition) is 6. The molecule has 1 aliphatic heterocycles. The van der Waals surface area contributed by atoms with Crippen molar-refractivity contribution in [1.82, 2.24) is 10.2 Å². The van der Waals surface area contributed by atoms with Gasteiger partial charge in [-0.2, -0.15) is 0 Å². The van der Waals surface area contributed by atoms with Crippen molar-refractivity contribution in [3.05, 3.63) is 27.1 Å². The Bertz CT molecular complexity index is 553. The average molecular weight is 327 g/mol. The summed E-state index contributed by atoms with van der Waals surface area (Å²) in [5.74, 6) is 0. The maximum absolute atomic E-state index is 12.0. The van der Waals surface area contributed by atoms with Gasteiger partial charge in [0.05, 0.1) is 4.92 Å². The van der Waals surface area contributed by atoms with E-state index >= 15 is 0 Å². The van der Waals surface area contributed by atoms with Crippen molar-refractivity contribution in [2.24, 2.45) is 0 Å². The molecule has 0 saturated carbocycles. The number of nitrogens with one attached hydrogen (secondary N) is 1. The summed E-state index contributed by atoms with van der Waals surface area (Å²) in [5, 5.41) is 14.1. The van der Waals surface area contributed by atoms with Crippen molar-refractivity contribution in [1.29, 1.82) is 0 Å². The molecule has 1 aliphatic rings. The van der Waals surface area contributed by atoms with E-state index in [9.17, 15) is 14.9 Å². The Morgan fingerprint density at radius 2 is 2.27 bits per heavy atom. The molecular formula is C14H21N3O4S. The van der Waals surface area contributed by atoms with Crippen LogP contribution in [0.25, 0.3) is 0 Å². The van der Waals surface area contributed by atoms with Gasteiger partial charge in [-0.05, 0) is 33.3 Å². The minimum atomic E-state index is -0.488. The summed E-state index contributed by atoms with van der Waals surface area (Å²) in [6.07, 6.45) is 0.566. The van der Waals surface area contributed by atoms with E-state index in [0.717, 1.165) is 11.3 Å². The normalized spacial score (nSPS) is 18.5. The molecule has 0 aromatic carbocycles. The van der Waals surface area contributed by atoms with E-state index in [0.29, 0.717) is 19.6 Å². The number of carbonyl (C=O) groups excluding carboxylic acids is 1. The first kappa shape index (κ1) is 16.7. The minimum absolute atomic E-state index is 0.151. The lowest BCUT2D eigenvalue weighted by Crippen LogP contribution is -2.38. The smallest absolute Gasteiger partial charge is 0.410 e. The average Bonchev–Trinajstić information content (AvgIpc) is 3.04. The predicted octanol–water partition coefficient (Wildman–Crippen LogP) is 2.76. The van der Waals surface area contributed by atoms with Gasteiger partial charge in [-0.1, -0.05) is 11.3 Å². The zero-order valence-corrected chi connectivity index (χ0v) is 13.8. The molecule has 1 fully saturated rings. The van der Waals surface area contributed by atoms with Crippen molar-refractivity contribution < 1.29 is 14.5 Å². The summed E-state index contributed by atoms with van der Waals surface area (Å²) < 4.78 is 5.35. The SMILES string of the molecule is CC(C)(C)OC(=O)N1CCC(NCc2ccc([N+](=O)[O-])s2)C1. The van der Waals surface area contributed by atoms with Crippen LogP contribution in [-0.2, 0) is 11.3 Å². The van der Waals surface area contributed by atoms with Crippen LogP contribution < -0.4 is 5.32 Å². The Balaban J connectivity index is 1.78. The molecule has 1 aromatic heterocycles. The summed E-state index contributed by atoms with van der Waals surface area (Å²) in [5.41, 5.74) is -0.488. The highest BCUT2D eigenvalue weighted by atomic mass is 32.1. The quantitative estimate of drug-likeness (QED) is 0.679. The first-order valence-corrected chi connectivity index (χ1v) is 8.00. The standard InChI is InChI=1S/C14H21N3O4S/c1-14(2,3)21-13(18)16-7-6-10(9-16)15-8-11-4-5-12(22-11)17(19)20/h4-5,10,15H,6-9H2,1-3H3. The maximum Gasteiger partial charge on any atom is 0.410 e. The largest absolute Gasteiger partial charge is 0.444 e. The van der Waals surface area contributed by atoms with Crippen molar-refractivity contribution in [3.63, 3.8) is 0 Å². The number of thiophene rings is 1. The highest BCUT2D eigenvalue weighted by molar-refractivity contribution is 7.15. The zero-order valence-electron chi connectivity index (χ0n) is 13.0. The molecule has 2 rings (SSSR count). The monoisotopic (exact) mass is 327 g/mol. The second-order valence-corrected chi connectivity index (χ2v) is 7.44. The van der Waals surface area contributed by atoms with Gasteiger partial charge in [-0.3, -0.25) is 10.1 Å². The number of amides is 1. The van der Waals surface area contributed by atoms with Gasteiger partial charge in [-0.15, -0.1) is 0 Å². The lowest BCUT2D eigenvalue weighted by atomic mass is 10.2. The number of hydrogen-bond donors (Lipinski definition) is 1. The molecule has 7 nitrogen and oxygen atoms in total. The number of likely N-dealkylation sites (tertiary alicyclic amines) is 1. The van der Waals surface area contributed by atoms with E-state index in [4.69, 9.17) is 4.74 Å². The van der Waals surface area contributed by atoms with E-state index in [1.54, 1.807) is 11.0 Å². The zero-order chi connectivity index (χ0) is 16.3. The van der Waals surface area contributed by atoms with E-state index in [1.807, 2.05) is 20.8 Å². The molecule has 0 radical (unpaired) electrons. The lowest BCUT2D eigenvalue weighted by molar-refractivity contribution is -0.380. The van der Waals surface area contributed by atoms with Crippen LogP contribution in [0, 0.1) is 10.1 Å². The molecule has 1 N–H and O–H groups in total. The van der Waals surface area contributed by atoms with Gasteiger partial charge < -0.3 is 15.0 Å². The summed E-state index contributed by atoms with van der Waals surface area (Å²) in [6.45, 7) is 7.38. The summed E-state index contributed by atoms with van der Waals surface area (Å²) in [7, 11) is 0. The lowest BCUT2D eigenvalue weighted by Gasteiger charge is -2.24. The molecule has 8 heteroatoms.